The fourth-order valence-electron chi connectivity index (χ4n) is 1.25. The maximum Gasteiger partial charge on any atom is 0.0897 e. The van der Waals surface area contributed by atoms with Crippen molar-refractivity contribution in [2.24, 2.45) is 5.92 Å². The van der Waals surface area contributed by atoms with Gasteiger partial charge in [0.1, 0.15) is 0 Å². The lowest BCUT2D eigenvalue weighted by atomic mass is 10.1. The van der Waals surface area contributed by atoms with Crippen LogP contribution in [0.15, 0.2) is 0 Å². The number of ether oxygens (including phenoxy) is 2. The molecule has 0 saturated heterocycles. The Kier molecular flexibility index (Phi) is 9.68. The first-order valence-corrected chi connectivity index (χ1v) is 6.14. The van der Waals surface area contributed by atoms with E-state index in [1.807, 2.05) is 20.8 Å². The molecule has 0 aliphatic heterocycles. The zero-order valence-electron chi connectivity index (χ0n) is 11.3. The minimum atomic E-state index is -0.561. The van der Waals surface area contributed by atoms with Crippen LogP contribution in [-0.4, -0.2) is 61.9 Å². The predicted molar refractivity (Wildman–Crippen MR) is 67.0 cm³/mol. The van der Waals surface area contributed by atoms with Gasteiger partial charge in [0.05, 0.1) is 31.5 Å². The lowest BCUT2D eigenvalue weighted by Crippen LogP contribution is -2.37. The summed E-state index contributed by atoms with van der Waals surface area (Å²) in [7, 11) is 1.62. The van der Waals surface area contributed by atoms with Crippen molar-refractivity contribution < 1.29 is 19.7 Å². The molecule has 0 aliphatic carbocycles. The second kappa shape index (κ2) is 9.79. The molecule has 0 aromatic heterocycles. The van der Waals surface area contributed by atoms with Crippen molar-refractivity contribution in [3.8, 4) is 0 Å². The Morgan fingerprint density at radius 2 is 1.71 bits per heavy atom. The van der Waals surface area contributed by atoms with Gasteiger partial charge in [-0.15, -0.1) is 0 Å². The number of aliphatic hydroxyl groups excluding tert-OH is 2. The third-order valence-corrected chi connectivity index (χ3v) is 2.48. The second-order valence-corrected chi connectivity index (χ2v) is 4.72. The highest BCUT2D eigenvalue weighted by molar-refractivity contribution is 4.66. The smallest absolute Gasteiger partial charge is 0.0897 e. The maximum atomic E-state index is 9.61. The summed E-state index contributed by atoms with van der Waals surface area (Å²) in [5.41, 5.74) is 0. The molecule has 3 N–H and O–H groups in total. The molecule has 5 heteroatoms. The van der Waals surface area contributed by atoms with Gasteiger partial charge in [0, 0.05) is 20.2 Å². The predicted octanol–water partition coefficient (Wildman–Crippen LogP) is 0.00530. The van der Waals surface area contributed by atoms with Gasteiger partial charge in [0.2, 0.25) is 0 Å². The summed E-state index contributed by atoms with van der Waals surface area (Å²) in [4.78, 5) is 0. The third-order valence-electron chi connectivity index (χ3n) is 2.48. The molecule has 0 spiro atoms. The third kappa shape index (κ3) is 9.50. The van der Waals surface area contributed by atoms with Crippen molar-refractivity contribution in [1.82, 2.24) is 5.32 Å². The van der Waals surface area contributed by atoms with Gasteiger partial charge in [0.25, 0.3) is 0 Å². The highest BCUT2D eigenvalue weighted by Crippen LogP contribution is 1.99. The zero-order chi connectivity index (χ0) is 13.3. The van der Waals surface area contributed by atoms with Gasteiger partial charge in [-0.1, -0.05) is 13.8 Å². The molecule has 0 radical (unpaired) electrons. The summed E-state index contributed by atoms with van der Waals surface area (Å²) in [6, 6.07) is 0. The first-order valence-electron chi connectivity index (χ1n) is 6.14. The van der Waals surface area contributed by atoms with E-state index >= 15 is 0 Å². The largest absolute Gasteiger partial charge is 0.392 e. The van der Waals surface area contributed by atoms with Crippen molar-refractivity contribution in [2.75, 3.05) is 33.4 Å². The van der Waals surface area contributed by atoms with Gasteiger partial charge in [-0.05, 0) is 12.8 Å². The van der Waals surface area contributed by atoms with Crippen LogP contribution in [0, 0.1) is 5.92 Å². The maximum absolute atomic E-state index is 9.61. The molecule has 0 rings (SSSR count). The van der Waals surface area contributed by atoms with E-state index in [-0.39, 0.29) is 24.7 Å². The molecule has 0 aliphatic rings. The number of methoxy groups -OCH3 is 1. The number of hydrogen-bond donors (Lipinski definition) is 3. The van der Waals surface area contributed by atoms with Gasteiger partial charge >= 0.3 is 0 Å². The van der Waals surface area contributed by atoms with Crippen LogP contribution in [0.4, 0.5) is 0 Å². The SMILES string of the molecule is COCC(C)OCC(O)CNCC(O)C(C)C. The Bertz CT molecular complexity index is 178. The van der Waals surface area contributed by atoms with E-state index in [1.165, 1.54) is 0 Å². The number of rotatable bonds is 10. The summed E-state index contributed by atoms with van der Waals surface area (Å²) in [6.07, 6.45) is -0.958. The van der Waals surface area contributed by atoms with E-state index < -0.39 is 6.10 Å². The number of aliphatic hydroxyl groups is 2. The Hall–Kier alpha value is -0.200. The highest BCUT2D eigenvalue weighted by Gasteiger charge is 2.11. The van der Waals surface area contributed by atoms with Crippen LogP contribution in [0.3, 0.4) is 0 Å². The number of nitrogens with one attached hydrogen (secondary N) is 1. The minimum absolute atomic E-state index is 0.0177. The average molecular weight is 249 g/mol. The lowest BCUT2D eigenvalue weighted by Gasteiger charge is -2.18. The van der Waals surface area contributed by atoms with Crippen LogP contribution in [0.1, 0.15) is 20.8 Å². The summed E-state index contributed by atoms with van der Waals surface area (Å²) in [5.74, 6) is 0.220. The second-order valence-electron chi connectivity index (χ2n) is 4.72. The minimum Gasteiger partial charge on any atom is -0.392 e. The van der Waals surface area contributed by atoms with Crippen molar-refractivity contribution in [2.45, 2.75) is 39.1 Å². The molecule has 5 nitrogen and oxygen atoms in total. The Labute approximate surface area is 104 Å². The molecular weight excluding hydrogens is 222 g/mol. The molecule has 0 bridgehead atoms. The van der Waals surface area contributed by atoms with Crippen LogP contribution < -0.4 is 5.32 Å². The Balaban J connectivity index is 3.49. The van der Waals surface area contributed by atoms with Crippen LogP contribution in [0.2, 0.25) is 0 Å². The van der Waals surface area contributed by atoms with Crippen LogP contribution >= 0.6 is 0 Å². The van der Waals surface area contributed by atoms with Gasteiger partial charge < -0.3 is 25.0 Å². The molecule has 0 saturated carbocycles. The van der Waals surface area contributed by atoms with E-state index in [0.29, 0.717) is 19.7 Å². The molecule has 17 heavy (non-hydrogen) atoms. The Morgan fingerprint density at radius 3 is 2.24 bits per heavy atom. The first-order chi connectivity index (χ1) is 7.97. The van der Waals surface area contributed by atoms with Gasteiger partial charge in [-0.25, -0.2) is 0 Å². The van der Waals surface area contributed by atoms with Crippen LogP contribution in [0.5, 0.6) is 0 Å². The van der Waals surface area contributed by atoms with Crippen LogP contribution in [0.25, 0.3) is 0 Å². The van der Waals surface area contributed by atoms with Crippen LogP contribution in [-0.2, 0) is 9.47 Å². The van der Waals surface area contributed by atoms with E-state index in [9.17, 15) is 10.2 Å². The molecule has 3 atom stereocenters. The van der Waals surface area contributed by atoms with Gasteiger partial charge in [-0.2, -0.15) is 0 Å². The zero-order valence-corrected chi connectivity index (χ0v) is 11.3. The monoisotopic (exact) mass is 249 g/mol. The van der Waals surface area contributed by atoms with Gasteiger partial charge in [0.15, 0.2) is 0 Å². The summed E-state index contributed by atoms with van der Waals surface area (Å²) in [5, 5.41) is 22.2. The van der Waals surface area contributed by atoms with Crippen molar-refractivity contribution in [1.29, 1.82) is 0 Å². The van der Waals surface area contributed by atoms with Gasteiger partial charge in [-0.3, -0.25) is 0 Å². The fourth-order valence-corrected chi connectivity index (χ4v) is 1.25. The quantitative estimate of drug-likeness (QED) is 0.508. The molecule has 3 unspecified atom stereocenters. The van der Waals surface area contributed by atoms with E-state index in [1.54, 1.807) is 7.11 Å². The highest BCUT2D eigenvalue weighted by atomic mass is 16.5. The molecular formula is C12H27NO4. The topological polar surface area (TPSA) is 71.0 Å². The molecule has 104 valence electrons. The number of hydrogen-bond acceptors (Lipinski definition) is 5. The normalized spacial score (nSPS) is 17.1. The van der Waals surface area contributed by atoms with E-state index in [4.69, 9.17) is 9.47 Å². The summed E-state index contributed by atoms with van der Waals surface area (Å²) >= 11 is 0. The standard InChI is InChI=1S/C12H27NO4/c1-9(2)12(15)6-13-5-11(14)8-17-10(3)7-16-4/h9-15H,5-8H2,1-4H3. The Morgan fingerprint density at radius 1 is 1.06 bits per heavy atom. The molecule has 0 aromatic rings. The van der Waals surface area contributed by atoms with E-state index in [0.717, 1.165) is 0 Å². The van der Waals surface area contributed by atoms with Crippen molar-refractivity contribution in [3.63, 3.8) is 0 Å². The average Bonchev–Trinajstić information content (AvgIpc) is 2.26. The molecule has 0 fully saturated rings. The molecule has 0 aromatic carbocycles. The summed E-state index contributed by atoms with van der Waals surface area (Å²) < 4.78 is 10.3. The molecule has 0 amide bonds. The van der Waals surface area contributed by atoms with Crippen molar-refractivity contribution >= 4 is 0 Å². The summed E-state index contributed by atoms with van der Waals surface area (Å²) in [6.45, 7) is 7.51. The fraction of sp³-hybridized carbons (Fsp3) is 1.00. The first kappa shape index (κ1) is 16.8. The lowest BCUT2D eigenvalue weighted by molar-refractivity contribution is -0.0317. The van der Waals surface area contributed by atoms with Crippen molar-refractivity contribution in [3.05, 3.63) is 0 Å². The molecule has 0 heterocycles. The van der Waals surface area contributed by atoms with E-state index in [2.05, 4.69) is 5.32 Å².